The quantitative estimate of drug-likeness (QED) is 0.0174. The fraction of sp³-hybridized carbons (Fsp3) is 0.484. The molecule has 4 heterocycles. The number of Topliss-reactive ketones (excluding diaryl/α,β-unsaturated/α-hetero) is 2. The normalized spacial score (nSPS) is 19.6. The molecular weight excluding hydrogens is 1760 g/mol. The third kappa shape index (κ3) is 31.9. The maximum atomic E-state index is 16.3. The molecule has 133 heavy (non-hydrogen) atoms. The molecule has 2 saturated heterocycles. The molecular formula is C91H120N18O22S2. The first-order valence-corrected chi connectivity index (χ1v) is 45.7. The lowest BCUT2D eigenvalue weighted by Crippen LogP contribution is -2.67. The van der Waals surface area contributed by atoms with E-state index < -0.39 is 220 Å². The van der Waals surface area contributed by atoms with Crippen LogP contribution in [0.5, 0.6) is 5.75 Å². The highest BCUT2D eigenvalue weighted by molar-refractivity contribution is 8.77. The van der Waals surface area contributed by atoms with Crippen molar-refractivity contribution in [2.24, 2.45) is 23.1 Å². The van der Waals surface area contributed by atoms with E-state index in [9.17, 15) is 67.7 Å². The van der Waals surface area contributed by atoms with E-state index in [2.05, 4.69) is 73.8 Å². The van der Waals surface area contributed by atoms with Crippen LogP contribution in [0, 0.1) is 5.92 Å². The number of carboxylic acid groups (broad SMARTS) is 1. The first kappa shape index (κ1) is 105. The molecule has 12 atom stereocenters. The van der Waals surface area contributed by atoms with Gasteiger partial charge in [-0.15, -0.1) is 0 Å². The molecule has 718 valence electrons. The predicted molar refractivity (Wildman–Crippen MR) is 492 cm³/mol. The van der Waals surface area contributed by atoms with Crippen molar-refractivity contribution in [3.8, 4) is 5.75 Å². The Morgan fingerprint density at radius 1 is 0.639 bits per heavy atom. The van der Waals surface area contributed by atoms with E-state index in [1.807, 2.05) is 6.07 Å². The minimum absolute atomic E-state index is 0.0881. The SMILES string of the molecule is CC(=O)CN(C)C(=O)[C@@H](CC(=O)[C@H](CC(N)=O)NC(=O)[C@H](CCC(=O)O)NC(=O)C1(NC(=O)[C@H](Cc2ccc3ccccc3c2)NC(=O)[C@H](Cc2ccc(OCCN)cc2)NC(=O)[C@H]2NC(=O)[C@H](CCCCNC(C)=O)NC(=O)[C@H](Cc3c[nH]c4ccccc34)NC(=O)[C@H]([C@@H](C)O)NC(=O)[C@H](CC(N)=O)NC(=O)[C@@H](NC(C)=O)C(C)(C)SSC2(C)C)CCOCC1)Cc1cccnc1. The summed E-state index contributed by atoms with van der Waals surface area (Å²) in [5, 5.41) is 55.3. The van der Waals surface area contributed by atoms with Gasteiger partial charge in [0.05, 0.1) is 31.5 Å². The number of unbranched alkanes of at least 4 members (excludes halogenated alkanes) is 1. The summed E-state index contributed by atoms with van der Waals surface area (Å²) in [5.74, 6) is -18.5. The number of nitrogens with zero attached hydrogens (tertiary/aromatic N) is 2. The number of benzene rings is 4. The number of nitrogens with one attached hydrogen (secondary N) is 13. The number of rotatable bonds is 41. The van der Waals surface area contributed by atoms with Crippen molar-refractivity contribution >= 4 is 149 Å². The highest BCUT2D eigenvalue weighted by Crippen LogP contribution is 2.47. The number of likely N-dealkylation sites (N-methyl/N-ethyl adjacent to an activating group) is 1. The third-order valence-corrected chi connectivity index (χ3v) is 26.7. The summed E-state index contributed by atoms with van der Waals surface area (Å²) in [7, 11) is 3.14. The van der Waals surface area contributed by atoms with E-state index in [0.717, 1.165) is 45.7 Å². The lowest BCUT2D eigenvalue weighted by molar-refractivity contribution is -0.142. The van der Waals surface area contributed by atoms with Crippen LogP contribution < -0.4 is 85.7 Å². The molecule has 0 unspecified atom stereocenters. The third-order valence-electron chi connectivity index (χ3n) is 22.4. The Morgan fingerprint density at radius 3 is 1.91 bits per heavy atom. The van der Waals surface area contributed by atoms with Gasteiger partial charge in [0.2, 0.25) is 88.6 Å². The molecule has 2 fully saturated rings. The van der Waals surface area contributed by atoms with Crippen LogP contribution in [-0.2, 0) is 117 Å². The number of aromatic amines is 1. The number of aliphatic hydroxyl groups is 1. The molecule has 42 heteroatoms. The van der Waals surface area contributed by atoms with Gasteiger partial charge in [0.1, 0.15) is 78.1 Å². The summed E-state index contributed by atoms with van der Waals surface area (Å²) in [5.41, 5.74) is 17.4. The van der Waals surface area contributed by atoms with E-state index in [-0.39, 0.29) is 103 Å². The van der Waals surface area contributed by atoms with Gasteiger partial charge in [0, 0.05) is 137 Å². The van der Waals surface area contributed by atoms with Crippen molar-refractivity contribution < 1.29 is 106 Å². The zero-order valence-corrected chi connectivity index (χ0v) is 77.3. The number of amides is 15. The molecule has 8 rings (SSSR count). The Balaban J connectivity index is 1.22. The van der Waals surface area contributed by atoms with Crippen molar-refractivity contribution in [3.05, 3.63) is 144 Å². The van der Waals surface area contributed by atoms with Crippen molar-refractivity contribution in [1.29, 1.82) is 0 Å². The van der Waals surface area contributed by atoms with Crippen LogP contribution in [0.15, 0.2) is 122 Å². The number of hydrogen-bond acceptors (Lipinski definition) is 25. The highest BCUT2D eigenvalue weighted by Gasteiger charge is 2.49. The van der Waals surface area contributed by atoms with Gasteiger partial charge in [-0.1, -0.05) is 100 Å². The average molecular weight is 1880 g/mol. The maximum Gasteiger partial charge on any atom is 0.303 e. The maximum absolute atomic E-state index is 16.3. The number of hydrogen-bond donors (Lipinski definition) is 18. The minimum Gasteiger partial charge on any atom is -0.492 e. The largest absolute Gasteiger partial charge is 0.492 e. The van der Waals surface area contributed by atoms with Gasteiger partial charge in [-0.25, -0.2) is 0 Å². The molecule has 15 amide bonds. The highest BCUT2D eigenvalue weighted by atomic mass is 33.1. The van der Waals surface area contributed by atoms with Crippen LogP contribution >= 0.6 is 21.6 Å². The molecule has 21 N–H and O–H groups in total. The van der Waals surface area contributed by atoms with E-state index >= 15 is 28.8 Å². The van der Waals surface area contributed by atoms with Gasteiger partial charge in [0.15, 0.2) is 5.78 Å². The monoisotopic (exact) mass is 1880 g/mol. The fourth-order valence-electron chi connectivity index (χ4n) is 15.3. The van der Waals surface area contributed by atoms with Gasteiger partial charge in [0.25, 0.3) is 0 Å². The van der Waals surface area contributed by atoms with Crippen LogP contribution in [0.1, 0.15) is 142 Å². The smallest absolute Gasteiger partial charge is 0.303 e. The summed E-state index contributed by atoms with van der Waals surface area (Å²) in [4.78, 5) is 267. The molecule has 0 bridgehead atoms. The van der Waals surface area contributed by atoms with Gasteiger partial charge in [-0.05, 0) is 131 Å². The molecule has 4 aromatic carbocycles. The Labute approximate surface area is 776 Å². The molecule has 40 nitrogen and oxygen atoms in total. The van der Waals surface area contributed by atoms with Crippen molar-refractivity contribution in [1.82, 2.24) is 78.7 Å². The zero-order chi connectivity index (χ0) is 97.6. The number of fused-ring (bicyclic) bond motifs is 2. The fourth-order valence-corrected chi connectivity index (χ4v) is 18.1. The Kier molecular flexibility index (Phi) is 39.3. The number of carbonyl (C=O) groups is 18. The molecule has 0 saturated carbocycles. The summed E-state index contributed by atoms with van der Waals surface area (Å²) < 4.78 is 8.28. The number of carboxylic acids is 1. The van der Waals surface area contributed by atoms with E-state index in [1.165, 1.54) is 61.0 Å². The lowest BCUT2D eigenvalue weighted by atomic mass is 9.87. The number of aliphatic carboxylic acids is 1. The first-order valence-electron chi connectivity index (χ1n) is 43.5. The standard InChI is InChI=1S/C91H120N18O22S2/c1-50(110)49-109(9)87(128)59(40-56-17-16-34-95-47-56)44-71(114)66(45-72(93)115)100-78(119)65(29-30-74(117)118)105-88(129)91(31-36-130-37-32-91)108-83(124)68(42-55-23-26-57-18-10-11-19-58(57)39-55)101-80(121)67(41-54-24-27-61(28-25-54)131-38-33-92)103-86(127)77-90(7,8)133-132-89(5,6)76(98-53(4)113)85(126)104-70(46-73(94)116)82(123)106-75(51(2)111)84(125)102-69(43-60-48-97-63-21-13-12-20-62(60)63)81(122)99-64(79(120)107-77)22-14-15-35-96-52(3)112/h10-13,16-21,23-28,34,39,47-48,51,59,64-70,75-77,97,111H,14-15,22,29-33,35-38,40-46,49,92H2,1-9H3,(H2,93,115)(H2,94,116)(H,96,112)(H,98,113)(H,99,122)(H,100,119)(H,101,121)(H,102,125)(H,103,127)(H,104,126)(H,105,129)(H,106,123)(H,107,120)(H,108,124)(H,117,118)/t51-,59-,64+,65+,66+,67+,68+,69+,70+,75+,76-,77-/m1/s1. The number of ketones is 2. The molecule has 6 aromatic rings. The first-order chi connectivity index (χ1) is 62.9. The number of pyridine rings is 1. The van der Waals surface area contributed by atoms with Gasteiger partial charge < -0.3 is 111 Å². The molecule has 0 spiro atoms. The Bertz CT molecular complexity index is 5210. The summed E-state index contributed by atoms with van der Waals surface area (Å²) >= 11 is 0. The van der Waals surface area contributed by atoms with Crippen LogP contribution in [0.25, 0.3) is 21.7 Å². The predicted octanol–water partition coefficient (Wildman–Crippen LogP) is -0.265. The van der Waals surface area contributed by atoms with Crippen molar-refractivity contribution in [2.75, 3.05) is 46.5 Å². The number of carbonyl (C=O) groups excluding carboxylic acids is 17. The van der Waals surface area contributed by atoms with E-state index in [1.54, 1.807) is 103 Å². The number of ether oxygens (including phenoxy) is 2. The minimum atomic E-state index is -2.08. The van der Waals surface area contributed by atoms with Crippen LogP contribution in [-0.4, -0.2) is 259 Å². The second kappa shape index (κ2) is 49.5. The molecule has 2 aliphatic rings. The molecule has 2 aromatic heterocycles. The number of aliphatic hydroxyl groups excluding tert-OH is 1. The lowest BCUT2D eigenvalue weighted by Gasteiger charge is -2.39. The molecule has 0 aliphatic carbocycles. The Hall–Kier alpha value is -12.9. The van der Waals surface area contributed by atoms with Gasteiger partial charge in [-0.2, -0.15) is 0 Å². The number of H-pyrrole nitrogens is 1. The number of nitrogens with two attached hydrogens (primary N) is 3. The zero-order valence-electron chi connectivity index (χ0n) is 75.6. The molecule has 0 radical (unpaired) electrons. The van der Waals surface area contributed by atoms with Gasteiger partial charge >= 0.3 is 5.97 Å². The van der Waals surface area contributed by atoms with E-state index in [4.69, 9.17) is 26.7 Å². The van der Waals surface area contributed by atoms with Crippen LogP contribution in [0.3, 0.4) is 0 Å². The van der Waals surface area contributed by atoms with Gasteiger partial charge in [-0.3, -0.25) is 91.3 Å². The average Bonchev–Trinajstić information content (AvgIpc) is 1.16. The number of primary amides is 2. The van der Waals surface area contributed by atoms with Crippen molar-refractivity contribution in [2.45, 2.75) is 227 Å². The summed E-state index contributed by atoms with van der Waals surface area (Å²) in [6.45, 7) is 10.4. The van der Waals surface area contributed by atoms with Crippen LogP contribution in [0.4, 0.5) is 0 Å². The summed E-state index contributed by atoms with van der Waals surface area (Å²) in [6, 6.07) is 11.1. The second-order valence-electron chi connectivity index (χ2n) is 34.3. The van der Waals surface area contributed by atoms with Crippen LogP contribution in [0.2, 0.25) is 0 Å². The number of para-hydroxylation sites is 1. The van der Waals surface area contributed by atoms with E-state index in [0.29, 0.717) is 44.3 Å². The molecule has 2 aliphatic heterocycles. The number of aromatic nitrogens is 2. The van der Waals surface area contributed by atoms with Crippen molar-refractivity contribution in [3.63, 3.8) is 0 Å². The summed E-state index contributed by atoms with van der Waals surface area (Å²) in [6.07, 6.45) is -2.79. The second-order valence-corrected chi connectivity index (χ2v) is 37.7. The topological polar surface area (TPSA) is 621 Å². The Morgan fingerprint density at radius 2 is 1.26 bits per heavy atom.